The number of benzene rings is 1. The first-order chi connectivity index (χ1) is 8.50. The molecule has 0 unspecified atom stereocenters. The zero-order chi connectivity index (χ0) is 13.3. The van der Waals surface area contributed by atoms with E-state index in [0.717, 1.165) is 11.1 Å². The molecule has 1 aromatic heterocycles. The third-order valence-corrected chi connectivity index (χ3v) is 2.89. The number of hydrogen-bond acceptors (Lipinski definition) is 2. The van der Waals surface area contributed by atoms with Gasteiger partial charge in [-0.25, -0.2) is 0 Å². The standard InChI is InChI=1S/C13H14N2O3/c1-8-5-3-4-6-9(8)12-10(7-11(16)17)13(18)15(2)14-12/h3-6,14H,7H2,1-2H3,(H,16,17). The highest BCUT2D eigenvalue weighted by molar-refractivity contribution is 5.75. The Morgan fingerprint density at radius 2 is 2.06 bits per heavy atom. The lowest BCUT2D eigenvalue weighted by atomic mass is 10.0. The minimum absolute atomic E-state index is 0.278. The van der Waals surface area contributed by atoms with E-state index in [0.29, 0.717) is 11.3 Å². The number of rotatable bonds is 3. The molecule has 2 N–H and O–H groups in total. The third kappa shape index (κ3) is 2.07. The Balaban J connectivity index is 2.65. The van der Waals surface area contributed by atoms with Crippen LogP contribution in [0.4, 0.5) is 0 Å². The molecule has 0 spiro atoms. The molecule has 2 rings (SSSR count). The molecule has 0 fully saturated rings. The third-order valence-electron chi connectivity index (χ3n) is 2.89. The second-order valence-electron chi connectivity index (χ2n) is 4.21. The summed E-state index contributed by atoms with van der Waals surface area (Å²) in [5, 5.41) is 11.8. The van der Waals surface area contributed by atoms with E-state index in [4.69, 9.17) is 5.11 Å². The van der Waals surface area contributed by atoms with Crippen molar-refractivity contribution >= 4 is 5.97 Å². The van der Waals surface area contributed by atoms with Gasteiger partial charge in [-0.2, -0.15) is 0 Å². The lowest BCUT2D eigenvalue weighted by Crippen LogP contribution is -2.17. The minimum Gasteiger partial charge on any atom is -0.481 e. The molecule has 94 valence electrons. The molecule has 0 atom stereocenters. The second-order valence-corrected chi connectivity index (χ2v) is 4.21. The van der Waals surface area contributed by atoms with Crippen LogP contribution in [0.15, 0.2) is 29.1 Å². The number of carbonyl (C=O) groups is 1. The highest BCUT2D eigenvalue weighted by Gasteiger charge is 2.17. The summed E-state index contributed by atoms with van der Waals surface area (Å²) in [5.74, 6) is -1.01. The van der Waals surface area contributed by atoms with Crippen molar-refractivity contribution < 1.29 is 9.90 Å². The highest BCUT2D eigenvalue weighted by Crippen LogP contribution is 2.23. The van der Waals surface area contributed by atoms with E-state index in [9.17, 15) is 9.59 Å². The molecule has 0 aliphatic rings. The van der Waals surface area contributed by atoms with Gasteiger partial charge in [0.05, 0.1) is 17.7 Å². The topological polar surface area (TPSA) is 75.1 Å². The van der Waals surface area contributed by atoms with Crippen LogP contribution >= 0.6 is 0 Å². The zero-order valence-electron chi connectivity index (χ0n) is 10.2. The molecule has 5 heteroatoms. The van der Waals surface area contributed by atoms with Crippen LogP contribution in [0, 0.1) is 6.92 Å². The first-order valence-electron chi connectivity index (χ1n) is 5.56. The van der Waals surface area contributed by atoms with E-state index in [1.807, 2.05) is 31.2 Å². The molecule has 1 heterocycles. The van der Waals surface area contributed by atoms with E-state index in [2.05, 4.69) is 5.10 Å². The van der Waals surface area contributed by atoms with Gasteiger partial charge < -0.3 is 5.11 Å². The maximum Gasteiger partial charge on any atom is 0.308 e. The summed E-state index contributed by atoms with van der Waals surface area (Å²) in [6.07, 6.45) is -0.278. The van der Waals surface area contributed by atoms with Gasteiger partial charge in [0, 0.05) is 12.6 Å². The van der Waals surface area contributed by atoms with Crippen molar-refractivity contribution in [3.05, 3.63) is 45.7 Å². The molecular weight excluding hydrogens is 232 g/mol. The molecule has 0 saturated carbocycles. The molecule has 0 aliphatic heterocycles. The van der Waals surface area contributed by atoms with Gasteiger partial charge in [0.25, 0.3) is 5.56 Å². The molecule has 0 bridgehead atoms. The summed E-state index contributed by atoms with van der Waals surface area (Å²) in [5.41, 5.74) is 2.43. The largest absolute Gasteiger partial charge is 0.481 e. The number of aryl methyl sites for hydroxylation is 2. The van der Waals surface area contributed by atoms with E-state index >= 15 is 0 Å². The van der Waals surface area contributed by atoms with Gasteiger partial charge >= 0.3 is 5.97 Å². The van der Waals surface area contributed by atoms with Crippen LogP contribution < -0.4 is 5.56 Å². The lowest BCUT2D eigenvalue weighted by molar-refractivity contribution is -0.136. The lowest BCUT2D eigenvalue weighted by Gasteiger charge is -2.04. The van der Waals surface area contributed by atoms with Gasteiger partial charge in [-0.1, -0.05) is 24.3 Å². The summed E-state index contributed by atoms with van der Waals surface area (Å²) in [6.45, 7) is 1.92. The Morgan fingerprint density at radius 3 is 2.67 bits per heavy atom. The summed E-state index contributed by atoms with van der Waals surface area (Å²) < 4.78 is 1.31. The molecule has 18 heavy (non-hydrogen) atoms. The van der Waals surface area contributed by atoms with E-state index in [1.165, 1.54) is 4.68 Å². The van der Waals surface area contributed by atoms with E-state index in [1.54, 1.807) is 7.05 Å². The monoisotopic (exact) mass is 246 g/mol. The van der Waals surface area contributed by atoms with Crippen LogP contribution in [0.1, 0.15) is 11.1 Å². The number of nitrogens with one attached hydrogen (secondary N) is 1. The molecular formula is C13H14N2O3. The van der Waals surface area contributed by atoms with Gasteiger partial charge in [-0.3, -0.25) is 19.4 Å². The van der Waals surface area contributed by atoms with Gasteiger partial charge in [-0.05, 0) is 12.5 Å². The van der Waals surface area contributed by atoms with Crippen LogP contribution in [0.3, 0.4) is 0 Å². The quantitative estimate of drug-likeness (QED) is 0.857. The van der Waals surface area contributed by atoms with Crippen molar-refractivity contribution in [2.45, 2.75) is 13.3 Å². The normalized spacial score (nSPS) is 10.6. The van der Waals surface area contributed by atoms with Gasteiger partial charge in [0.2, 0.25) is 0 Å². The fourth-order valence-corrected chi connectivity index (χ4v) is 1.99. The Morgan fingerprint density at radius 1 is 1.39 bits per heavy atom. The number of H-pyrrole nitrogens is 1. The molecule has 0 saturated heterocycles. The predicted molar refractivity (Wildman–Crippen MR) is 67.5 cm³/mol. The first-order valence-corrected chi connectivity index (χ1v) is 5.56. The number of aromatic amines is 1. The fourth-order valence-electron chi connectivity index (χ4n) is 1.99. The Kier molecular flexibility index (Phi) is 3.06. The number of aliphatic carboxylic acids is 1. The van der Waals surface area contributed by atoms with Crippen LogP contribution in [-0.2, 0) is 18.3 Å². The summed E-state index contributed by atoms with van der Waals surface area (Å²) >= 11 is 0. The SMILES string of the molecule is Cc1ccccc1-c1[nH]n(C)c(=O)c1CC(=O)O. The van der Waals surface area contributed by atoms with Crippen molar-refractivity contribution in [2.24, 2.45) is 7.05 Å². The average Bonchev–Trinajstić information content (AvgIpc) is 2.57. The molecule has 0 amide bonds. The Bertz CT molecular complexity index is 652. The molecule has 2 aromatic rings. The van der Waals surface area contributed by atoms with Crippen LogP contribution in [0.2, 0.25) is 0 Å². The fraction of sp³-hybridized carbons (Fsp3) is 0.231. The van der Waals surface area contributed by atoms with Crippen molar-refractivity contribution in [1.29, 1.82) is 0 Å². The van der Waals surface area contributed by atoms with Gasteiger partial charge in [0.1, 0.15) is 0 Å². The summed E-state index contributed by atoms with van der Waals surface area (Å²) in [7, 11) is 1.58. The molecule has 0 radical (unpaired) electrons. The Hall–Kier alpha value is -2.30. The van der Waals surface area contributed by atoms with E-state index < -0.39 is 5.97 Å². The number of nitrogens with zero attached hydrogens (tertiary/aromatic N) is 1. The molecule has 5 nitrogen and oxygen atoms in total. The minimum atomic E-state index is -1.01. The van der Waals surface area contributed by atoms with Crippen molar-refractivity contribution in [1.82, 2.24) is 9.78 Å². The van der Waals surface area contributed by atoms with Gasteiger partial charge in [-0.15, -0.1) is 0 Å². The maximum absolute atomic E-state index is 11.9. The van der Waals surface area contributed by atoms with Crippen molar-refractivity contribution in [3.63, 3.8) is 0 Å². The van der Waals surface area contributed by atoms with Crippen LogP contribution in [0.25, 0.3) is 11.3 Å². The molecule has 0 aliphatic carbocycles. The maximum atomic E-state index is 11.9. The number of hydrogen-bond donors (Lipinski definition) is 2. The first kappa shape index (κ1) is 12.2. The number of aromatic nitrogens is 2. The smallest absolute Gasteiger partial charge is 0.308 e. The predicted octanol–water partition coefficient (Wildman–Crippen LogP) is 1.32. The number of carboxylic acids is 1. The van der Waals surface area contributed by atoms with Crippen LogP contribution in [0.5, 0.6) is 0 Å². The average molecular weight is 246 g/mol. The van der Waals surface area contributed by atoms with Crippen molar-refractivity contribution in [3.8, 4) is 11.3 Å². The summed E-state index contributed by atoms with van der Waals surface area (Å²) in [4.78, 5) is 22.7. The highest BCUT2D eigenvalue weighted by atomic mass is 16.4. The van der Waals surface area contributed by atoms with E-state index in [-0.39, 0.29) is 12.0 Å². The number of carboxylic acid groups (broad SMARTS) is 1. The second kappa shape index (κ2) is 4.52. The zero-order valence-corrected chi connectivity index (χ0v) is 10.2. The van der Waals surface area contributed by atoms with Crippen LogP contribution in [-0.4, -0.2) is 20.9 Å². The van der Waals surface area contributed by atoms with Gasteiger partial charge in [0.15, 0.2) is 0 Å². The summed E-state index contributed by atoms with van der Waals surface area (Å²) in [6, 6.07) is 7.55. The molecule has 1 aromatic carbocycles. The van der Waals surface area contributed by atoms with Crippen molar-refractivity contribution in [2.75, 3.05) is 0 Å². The Labute approximate surface area is 104 Å².